The fourth-order valence-corrected chi connectivity index (χ4v) is 3.84. The molecule has 0 aliphatic heterocycles. The fraction of sp³-hybridized carbons (Fsp3) is 0.269. The number of pyridine rings is 1. The number of carbonyl (C=O) groups excluding carboxylic acids is 2. The van der Waals surface area contributed by atoms with Crippen molar-refractivity contribution in [2.24, 2.45) is 0 Å². The van der Waals surface area contributed by atoms with Crippen LogP contribution in [-0.2, 0) is 17.6 Å². The van der Waals surface area contributed by atoms with Crippen molar-refractivity contribution in [2.45, 2.75) is 45.3 Å². The molecule has 34 heavy (non-hydrogen) atoms. The Balaban J connectivity index is 1.55. The lowest BCUT2D eigenvalue weighted by Crippen LogP contribution is -2.36. The Morgan fingerprint density at radius 2 is 1.68 bits per heavy atom. The molecule has 0 unspecified atom stereocenters. The highest BCUT2D eigenvalue weighted by molar-refractivity contribution is 5.95. The minimum Gasteiger partial charge on any atom is -0.444 e. The van der Waals surface area contributed by atoms with Crippen LogP contribution in [0.15, 0.2) is 60.7 Å². The second-order valence-corrected chi connectivity index (χ2v) is 9.24. The van der Waals surface area contributed by atoms with Crippen molar-refractivity contribution in [1.29, 1.82) is 0 Å². The van der Waals surface area contributed by atoms with Gasteiger partial charge in [0.2, 0.25) is 0 Å². The van der Waals surface area contributed by atoms with Crippen LogP contribution in [0.4, 0.5) is 26.4 Å². The van der Waals surface area contributed by atoms with Gasteiger partial charge in [-0.15, -0.1) is 0 Å². The second kappa shape index (κ2) is 9.51. The third-order valence-electron chi connectivity index (χ3n) is 5.19. The van der Waals surface area contributed by atoms with Crippen LogP contribution < -0.4 is 16.0 Å². The van der Waals surface area contributed by atoms with Crippen molar-refractivity contribution < 1.29 is 18.7 Å². The number of hydrogen-bond acceptors (Lipinski definition) is 5. The number of fused-ring (bicyclic) bond motifs is 1. The van der Waals surface area contributed by atoms with Gasteiger partial charge in [-0.05, 0) is 69.0 Å². The first-order valence-corrected chi connectivity index (χ1v) is 11.1. The van der Waals surface area contributed by atoms with Gasteiger partial charge in [-0.25, -0.2) is 14.2 Å². The van der Waals surface area contributed by atoms with E-state index >= 15 is 0 Å². The number of benzene rings is 2. The van der Waals surface area contributed by atoms with Gasteiger partial charge in [0, 0.05) is 17.8 Å². The lowest BCUT2D eigenvalue weighted by atomic mass is 10.1. The van der Waals surface area contributed by atoms with Gasteiger partial charge in [-0.2, -0.15) is 0 Å². The molecule has 0 radical (unpaired) electrons. The number of aromatic nitrogens is 1. The maximum absolute atomic E-state index is 13.6. The number of nitrogens with one attached hydrogen (secondary N) is 3. The van der Waals surface area contributed by atoms with Gasteiger partial charge in [-0.1, -0.05) is 30.3 Å². The summed E-state index contributed by atoms with van der Waals surface area (Å²) in [6, 6.07) is 17.0. The highest BCUT2D eigenvalue weighted by Gasteiger charge is 2.24. The van der Waals surface area contributed by atoms with E-state index in [0.717, 1.165) is 12.8 Å². The number of halogens is 1. The highest BCUT2D eigenvalue weighted by Crippen LogP contribution is 2.24. The molecule has 0 fully saturated rings. The van der Waals surface area contributed by atoms with E-state index in [0.29, 0.717) is 11.4 Å². The van der Waals surface area contributed by atoms with Crippen molar-refractivity contribution in [2.75, 3.05) is 10.6 Å². The lowest BCUT2D eigenvalue weighted by molar-refractivity contribution is 0.0635. The summed E-state index contributed by atoms with van der Waals surface area (Å²) in [6.07, 6.45) is 0.825. The zero-order chi connectivity index (χ0) is 24.3. The van der Waals surface area contributed by atoms with Gasteiger partial charge >= 0.3 is 6.09 Å². The summed E-state index contributed by atoms with van der Waals surface area (Å²) in [5, 5.41) is 8.66. The number of ether oxygens (including phenoxy) is 1. The van der Waals surface area contributed by atoms with E-state index in [1.54, 1.807) is 39.0 Å². The molecule has 1 aliphatic rings. The van der Waals surface area contributed by atoms with E-state index in [2.05, 4.69) is 33.1 Å². The van der Waals surface area contributed by atoms with E-state index < -0.39 is 17.5 Å². The molecular formula is C26H27FN4O3. The van der Waals surface area contributed by atoms with Crippen LogP contribution in [0.3, 0.4) is 0 Å². The molecule has 2 amide bonds. The zero-order valence-corrected chi connectivity index (χ0v) is 19.3. The molecule has 176 valence electrons. The lowest BCUT2D eigenvalue weighted by Gasteiger charge is -2.20. The average molecular weight is 463 g/mol. The van der Waals surface area contributed by atoms with Crippen molar-refractivity contribution in [3.8, 4) is 0 Å². The summed E-state index contributed by atoms with van der Waals surface area (Å²) >= 11 is 0. The first kappa shape index (κ1) is 23.2. The van der Waals surface area contributed by atoms with Crippen LogP contribution in [-0.4, -0.2) is 28.6 Å². The van der Waals surface area contributed by atoms with Crippen LogP contribution in [0.1, 0.15) is 42.4 Å². The molecule has 0 bridgehead atoms. The third kappa shape index (κ3) is 6.10. The van der Waals surface area contributed by atoms with Crippen LogP contribution in [0.2, 0.25) is 0 Å². The maximum atomic E-state index is 13.6. The molecule has 3 aromatic rings. The molecule has 1 heterocycles. The molecule has 0 saturated carbocycles. The van der Waals surface area contributed by atoms with Gasteiger partial charge in [0.1, 0.15) is 22.9 Å². The number of carbonyl (C=O) groups is 2. The summed E-state index contributed by atoms with van der Waals surface area (Å²) in [4.78, 5) is 29.8. The van der Waals surface area contributed by atoms with E-state index in [4.69, 9.17) is 4.74 Å². The van der Waals surface area contributed by atoms with Gasteiger partial charge in [0.25, 0.3) is 5.91 Å². The Hall–Kier alpha value is -3.94. The van der Waals surface area contributed by atoms with Crippen molar-refractivity contribution in [3.63, 3.8) is 0 Å². The molecule has 0 atom stereocenters. The summed E-state index contributed by atoms with van der Waals surface area (Å²) in [6.45, 7) is 5.28. The van der Waals surface area contributed by atoms with Gasteiger partial charge < -0.3 is 15.4 Å². The molecule has 0 spiro atoms. The van der Waals surface area contributed by atoms with Crippen molar-refractivity contribution in [1.82, 2.24) is 10.3 Å². The first-order chi connectivity index (χ1) is 16.1. The summed E-state index contributed by atoms with van der Waals surface area (Å²) < 4.78 is 18.9. The summed E-state index contributed by atoms with van der Waals surface area (Å²) in [7, 11) is 0. The minimum absolute atomic E-state index is 0.0474. The van der Waals surface area contributed by atoms with E-state index in [9.17, 15) is 14.0 Å². The molecule has 8 heteroatoms. The van der Waals surface area contributed by atoms with E-state index in [1.807, 2.05) is 12.1 Å². The summed E-state index contributed by atoms with van der Waals surface area (Å²) in [5.41, 5.74) is 2.65. The number of rotatable bonds is 5. The van der Waals surface area contributed by atoms with Crippen LogP contribution in [0, 0.1) is 5.82 Å². The quantitative estimate of drug-likeness (QED) is 0.484. The number of amides is 2. The predicted octanol–water partition coefficient (Wildman–Crippen LogP) is 5.21. The first-order valence-electron chi connectivity index (χ1n) is 11.1. The van der Waals surface area contributed by atoms with Gasteiger partial charge in [0.15, 0.2) is 0 Å². The number of anilines is 3. The molecule has 1 aromatic heterocycles. The Morgan fingerprint density at radius 3 is 2.32 bits per heavy atom. The van der Waals surface area contributed by atoms with Crippen LogP contribution in [0.25, 0.3) is 0 Å². The molecule has 1 aliphatic carbocycles. The standard InChI is InChI=1S/C26H27FN4O3/c1-26(2,3)34-25(33)30-21-14-22(31-23(15-21)28-19-10-6-9-18(27)13-19)24(32)29-20-11-16-7-4-5-8-17(16)12-20/h4-10,13-15,20H,11-12H2,1-3H3,(H,29,32)(H2,28,30,31,33). The minimum atomic E-state index is -0.683. The Morgan fingerprint density at radius 1 is 0.971 bits per heavy atom. The fourth-order valence-electron chi connectivity index (χ4n) is 3.84. The van der Waals surface area contributed by atoms with Crippen LogP contribution in [0.5, 0.6) is 0 Å². The van der Waals surface area contributed by atoms with E-state index in [-0.39, 0.29) is 23.5 Å². The highest BCUT2D eigenvalue weighted by atomic mass is 19.1. The van der Waals surface area contributed by atoms with Crippen LogP contribution >= 0.6 is 0 Å². The average Bonchev–Trinajstić information content (AvgIpc) is 3.14. The molecular weight excluding hydrogens is 435 g/mol. The topological polar surface area (TPSA) is 92.3 Å². The van der Waals surface area contributed by atoms with Gasteiger partial charge in [-0.3, -0.25) is 10.1 Å². The SMILES string of the molecule is CC(C)(C)OC(=O)Nc1cc(Nc2cccc(F)c2)nc(C(=O)NC2Cc3ccccc3C2)c1. The molecule has 3 N–H and O–H groups in total. The largest absolute Gasteiger partial charge is 0.444 e. The number of nitrogens with zero attached hydrogens (tertiary/aromatic N) is 1. The summed E-state index contributed by atoms with van der Waals surface area (Å²) in [5.74, 6) is -0.501. The second-order valence-electron chi connectivity index (χ2n) is 9.24. The molecule has 7 nitrogen and oxygen atoms in total. The molecule has 4 rings (SSSR count). The van der Waals surface area contributed by atoms with Crippen molar-refractivity contribution >= 4 is 29.2 Å². The van der Waals surface area contributed by atoms with E-state index in [1.165, 1.54) is 29.3 Å². The third-order valence-corrected chi connectivity index (χ3v) is 5.19. The number of hydrogen-bond donors (Lipinski definition) is 3. The smallest absolute Gasteiger partial charge is 0.412 e. The Bertz CT molecular complexity index is 1200. The normalized spacial score (nSPS) is 13.2. The zero-order valence-electron chi connectivity index (χ0n) is 19.3. The monoisotopic (exact) mass is 462 g/mol. The maximum Gasteiger partial charge on any atom is 0.412 e. The molecule has 0 saturated heterocycles. The Labute approximate surface area is 197 Å². The Kier molecular flexibility index (Phi) is 6.49. The predicted molar refractivity (Wildman–Crippen MR) is 129 cm³/mol. The van der Waals surface area contributed by atoms with Crippen molar-refractivity contribution in [3.05, 3.63) is 83.3 Å². The molecule has 2 aromatic carbocycles. The van der Waals surface area contributed by atoms with Gasteiger partial charge in [0.05, 0.1) is 5.69 Å².